The van der Waals surface area contributed by atoms with Gasteiger partial charge in [0.2, 0.25) is 5.95 Å². The third-order valence-corrected chi connectivity index (χ3v) is 3.44. The molecule has 24 heavy (non-hydrogen) atoms. The molecule has 0 fully saturated rings. The molecular weight excluding hydrogens is 304 g/mol. The van der Waals surface area contributed by atoms with Crippen LogP contribution < -0.4 is 20.1 Å². The van der Waals surface area contributed by atoms with Gasteiger partial charge in [0.1, 0.15) is 5.82 Å². The average Bonchev–Trinajstić information content (AvgIpc) is 2.53. The summed E-state index contributed by atoms with van der Waals surface area (Å²) in [6, 6.07) is 8.22. The Balaban J connectivity index is 1.98. The molecule has 2 aromatic rings. The van der Waals surface area contributed by atoms with E-state index in [1.165, 1.54) is 0 Å². The number of rotatable bonds is 8. The summed E-state index contributed by atoms with van der Waals surface area (Å²) in [7, 11) is 3.28. The molecule has 0 bridgehead atoms. The van der Waals surface area contributed by atoms with Gasteiger partial charge in [-0.1, -0.05) is 6.07 Å². The van der Waals surface area contributed by atoms with Crippen LogP contribution in [0.25, 0.3) is 0 Å². The molecule has 0 spiro atoms. The fourth-order valence-electron chi connectivity index (χ4n) is 2.37. The monoisotopic (exact) mass is 330 g/mol. The zero-order valence-corrected chi connectivity index (χ0v) is 15.0. The Morgan fingerprint density at radius 2 is 1.79 bits per heavy atom. The number of nitrogens with zero attached hydrogens (tertiary/aromatic N) is 2. The van der Waals surface area contributed by atoms with Crippen LogP contribution in [0, 0.1) is 6.92 Å². The molecule has 0 atom stereocenters. The van der Waals surface area contributed by atoms with E-state index in [-0.39, 0.29) is 0 Å². The molecule has 0 aliphatic carbocycles. The number of anilines is 2. The van der Waals surface area contributed by atoms with E-state index in [0.29, 0.717) is 12.0 Å². The second kappa shape index (κ2) is 8.38. The highest BCUT2D eigenvalue weighted by atomic mass is 16.5. The Bertz CT molecular complexity index is 674. The first-order valence-electron chi connectivity index (χ1n) is 8.09. The Hall–Kier alpha value is -2.50. The summed E-state index contributed by atoms with van der Waals surface area (Å²) in [6.07, 6.45) is 0.838. The number of hydrogen-bond donors (Lipinski definition) is 2. The summed E-state index contributed by atoms with van der Waals surface area (Å²) in [5.41, 5.74) is 2.09. The summed E-state index contributed by atoms with van der Waals surface area (Å²) in [4.78, 5) is 8.91. The molecule has 0 aliphatic heterocycles. The van der Waals surface area contributed by atoms with Gasteiger partial charge in [0, 0.05) is 24.3 Å². The van der Waals surface area contributed by atoms with Gasteiger partial charge in [-0.25, -0.2) is 4.98 Å². The lowest BCUT2D eigenvalue weighted by Gasteiger charge is -2.12. The number of ether oxygens (including phenoxy) is 2. The summed E-state index contributed by atoms with van der Waals surface area (Å²) in [5.74, 6) is 2.95. The highest BCUT2D eigenvalue weighted by Gasteiger charge is 2.06. The first kappa shape index (κ1) is 17.8. The van der Waals surface area contributed by atoms with Gasteiger partial charge in [-0.05, 0) is 44.9 Å². The summed E-state index contributed by atoms with van der Waals surface area (Å²) in [5, 5.41) is 6.58. The normalized spacial score (nSPS) is 10.6. The summed E-state index contributed by atoms with van der Waals surface area (Å²) in [6.45, 7) is 6.87. The molecule has 6 heteroatoms. The van der Waals surface area contributed by atoms with E-state index in [0.717, 1.165) is 41.5 Å². The lowest BCUT2D eigenvalue weighted by molar-refractivity contribution is 0.354. The van der Waals surface area contributed by atoms with E-state index in [9.17, 15) is 0 Å². The lowest BCUT2D eigenvalue weighted by Crippen LogP contribution is -2.14. The van der Waals surface area contributed by atoms with Crippen molar-refractivity contribution in [3.8, 4) is 11.5 Å². The van der Waals surface area contributed by atoms with Crippen molar-refractivity contribution >= 4 is 11.8 Å². The largest absolute Gasteiger partial charge is 0.493 e. The lowest BCUT2D eigenvalue weighted by atomic mass is 10.1. The fraction of sp³-hybridized carbons (Fsp3) is 0.444. The van der Waals surface area contributed by atoms with E-state index < -0.39 is 0 Å². The second-order valence-corrected chi connectivity index (χ2v) is 5.88. The minimum absolute atomic E-state index is 0.332. The maximum Gasteiger partial charge on any atom is 0.224 e. The molecule has 0 saturated heterocycles. The molecule has 1 aromatic heterocycles. The van der Waals surface area contributed by atoms with Crippen molar-refractivity contribution in [2.75, 3.05) is 31.4 Å². The van der Waals surface area contributed by atoms with E-state index in [1.807, 2.05) is 31.2 Å². The molecule has 2 rings (SSSR count). The number of aryl methyl sites for hydroxylation is 1. The number of aromatic nitrogens is 2. The van der Waals surface area contributed by atoms with Crippen molar-refractivity contribution in [3.05, 3.63) is 35.5 Å². The number of benzene rings is 1. The summed E-state index contributed by atoms with van der Waals surface area (Å²) >= 11 is 0. The SMILES string of the molecule is COc1ccc(CCNc2nc(C)cc(NC(C)C)n2)cc1OC. The molecule has 0 radical (unpaired) electrons. The van der Waals surface area contributed by atoms with Crippen LogP contribution in [-0.4, -0.2) is 36.8 Å². The molecule has 0 saturated carbocycles. The van der Waals surface area contributed by atoms with Crippen molar-refractivity contribution in [2.24, 2.45) is 0 Å². The topological polar surface area (TPSA) is 68.3 Å². The molecular formula is C18H26N4O2. The van der Waals surface area contributed by atoms with Gasteiger partial charge >= 0.3 is 0 Å². The molecule has 130 valence electrons. The van der Waals surface area contributed by atoms with Crippen molar-refractivity contribution in [1.29, 1.82) is 0 Å². The van der Waals surface area contributed by atoms with Gasteiger partial charge in [0.15, 0.2) is 11.5 Å². The van der Waals surface area contributed by atoms with Crippen molar-refractivity contribution in [2.45, 2.75) is 33.2 Å². The van der Waals surface area contributed by atoms with Gasteiger partial charge in [-0.15, -0.1) is 0 Å². The first-order valence-corrected chi connectivity index (χ1v) is 8.09. The molecule has 0 unspecified atom stereocenters. The molecule has 6 nitrogen and oxygen atoms in total. The minimum atomic E-state index is 0.332. The van der Waals surface area contributed by atoms with Gasteiger partial charge < -0.3 is 20.1 Å². The van der Waals surface area contributed by atoms with Crippen LogP contribution in [0.4, 0.5) is 11.8 Å². The summed E-state index contributed by atoms with van der Waals surface area (Å²) < 4.78 is 10.6. The average molecular weight is 330 g/mol. The van der Waals surface area contributed by atoms with Crippen LogP contribution in [0.2, 0.25) is 0 Å². The van der Waals surface area contributed by atoms with Crippen molar-refractivity contribution in [1.82, 2.24) is 9.97 Å². The van der Waals surface area contributed by atoms with Crippen LogP contribution in [0.1, 0.15) is 25.1 Å². The highest BCUT2D eigenvalue weighted by Crippen LogP contribution is 2.27. The van der Waals surface area contributed by atoms with Crippen LogP contribution >= 0.6 is 0 Å². The van der Waals surface area contributed by atoms with Gasteiger partial charge in [0.05, 0.1) is 14.2 Å². The van der Waals surface area contributed by atoms with Crippen molar-refractivity contribution in [3.63, 3.8) is 0 Å². The third-order valence-electron chi connectivity index (χ3n) is 3.44. The van der Waals surface area contributed by atoms with Crippen molar-refractivity contribution < 1.29 is 9.47 Å². The van der Waals surface area contributed by atoms with Gasteiger partial charge in [-0.3, -0.25) is 0 Å². The standard InChI is InChI=1S/C18H26N4O2/c1-12(2)20-17-10-13(3)21-18(22-17)19-9-8-14-6-7-15(23-4)16(11-14)24-5/h6-7,10-12H,8-9H2,1-5H3,(H2,19,20,21,22). The Kier molecular flexibility index (Phi) is 6.23. The third kappa shape index (κ3) is 5.01. The quantitative estimate of drug-likeness (QED) is 0.774. The molecule has 2 N–H and O–H groups in total. The fourth-order valence-corrected chi connectivity index (χ4v) is 2.37. The van der Waals surface area contributed by atoms with E-state index in [2.05, 4.69) is 34.4 Å². The predicted octanol–water partition coefficient (Wildman–Crippen LogP) is 3.28. The Labute approximate surface area is 143 Å². The first-order chi connectivity index (χ1) is 11.5. The second-order valence-electron chi connectivity index (χ2n) is 5.88. The van der Waals surface area contributed by atoms with Crippen LogP contribution in [-0.2, 0) is 6.42 Å². The van der Waals surface area contributed by atoms with E-state index in [1.54, 1.807) is 14.2 Å². The van der Waals surface area contributed by atoms with Gasteiger partial charge in [0.25, 0.3) is 0 Å². The maximum atomic E-state index is 5.33. The molecule has 0 aliphatic rings. The van der Waals surface area contributed by atoms with Crippen LogP contribution in [0.5, 0.6) is 11.5 Å². The smallest absolute Gasteiger partial charge is 0.224 e. The number of hydrogen-bond acceptors (Lipinski definition) is 6. The Morgan fingerprint density at radius 1 is 1.04 bits per heavy atom. The zero-order chi connectivity index (χ0) is 17.5. The Morgan fingerprint density at radius 3 is 2.46 bits per heavy atom. The number of nitrogens with one attached hydrogen (secondary N) is 2. The van der Waals surface area contributed by atoms with E-state index >= 15 is 0 Å². The molecule has 1 heterocycles. The van der Waals surface area contributed by atoms with Gasteiger partial charge in [-0.2, -0.15) is 4.98 Å². The van der Waals surface area contributed by atoms with Crippen LogP contribution in [0.3, 0.4) is 0 Å². The molecule has 0 amide bonds. The van der Waals surface area contributed by atoms with Crippen LogP contribution in [0.15, 0.2) is 24.3 Å². The van der Waals surface area contributed by atoms with E-state index in [4.69, 9.17) is 9.47 Å². The molecule has 1 aromatic carbocycles. The minimum Gasteiger partial charge on any atom is -0.493 e. The highest BCUT2D eigenvalue weighted by molar-refractivity contribution is 5.44. The number of methoxy groups -OCH3 is 2. The maximum absolute atomic E-state index is 5.33. The zero-order valence-electron chi connectivity index (χ0n) is 15.0. The predicted molar refractivity (Wildman–Crippen MR) is 97.3 cm³/mol.